The van der Waals surface area contributed by atoms with Gasteiger partial charge in [0.1, 0.15) is 18.0 Å². The van der Waals surface area contributed by atoms with Gasteiger partial charge in [-0.15, -0.1) is 0 Å². The van der Waals surface area contributed by atoms with Gasteiger partial charge in [0, 0.05) is 18.7 Å². The number of anilines is 1. The maximum atomic E-state index is 13.2. The molecule has 1 N–H and O–H groups in total. The van der Waals surface area contributed by atoms with E-state index in [9.17, 15) is 12.8 Å². The number of nitrogens with one attached hydrogen (secondary N) is 1. The van der Waals surface area contributed by atoms with Crippen LogP contribution in [-0.4, -0.2) is 35.8 Å². The van der Waals surface area contributed by atoms with Crippen molar-refractivity contribution in [2.45, 2.75) is 57.2 Å². The van der Waals surface area contributed by atoms with E-state index in [0.29, 0.717) is 23.9 Å². The molecule has 0 amide bonds. The molecule has 0 unspecified atom stereocenters. The van der Waals surface area contributed by atoms with Gasteiger partial charge in [-0.2, -0.15) is 4.31 Å². The minimum absolute atomic E-state index is 0.134. The zero-order valence-electron chi connectivity index (χ0n) is 18.8. The molecule has 33 heavy (non-hydrogen) atoms. The fourth-order valence-electron chi connectivity index (χ4n) is 7.38. The van der Waals surface area contributed by atoms with E-state index in [2.05, 4.69) is 15.3 Å². The van der Waals surface area contributed by atoms with Gasteiger partial charge in [-0.05, 0) is 85.8 Å². The Morgan fingerprint density at radius 2 is 1.70 bits per heavy atom. The third kappa shape index (κ3) is 4.16. The Hall–Kier alpha value is -2.06. The van der Waals surface area contributed by atoms with Gasteiger partial charge in [0.15, 0.2) is 0 Å². The van der Waals surface area contributed by atoms with Gasteiger partial charge < -0.3 is 5.32 Å². The first-order chi connectivity index (χ1) is 15.9. The summed E-state index contributed by atoms with van der Waals surface area (Å²) in [5.41, 5.74) is 2.83. The Labute approximate surface area is 195 Å². The molecule has 176 valence electrons. The van der Waals surface area contributed by atoms with E-state index in [4.69, 9.17) is 0 Å². The summed E-state index contributed by atoms with van der Waals surface area (Å²) in [5.74, 6) is 3.12. The van der Waals surface area contributed by atoms with Crippen molar-refractivity contribution in [2.75, 3.05) is 18.4 Å². The van der Waals surface area contributed by atoms with E-state index < -0.39 is 10.0 Å². The van der Waals surface area contributed by atoms with Crippen LogP contribution in [0.15, 0.2) is 30.6 Å². The van der Waals surface area contributed by atoms with E-state index in [1.165, 1.54) is 67.1 Å². The highest BCUT2D eigenvalue weighted by Gasteiger charge is 2.50. The fourth-order valence-corrected chi connectivity index (χ4v) is 8.87. The second-order valence-corrected chi connectivity index (χ2v) is 12.9. The molecular weight excluding hydrogens is 439 g/mol. The first kappa shape index (κ1) is 21.5. The van der Waals surface area contributed by atoms with Gasteiger partial charge in [0.25, 0.3) is 0 Å². The molecule has 1 aromatic carbocycles. The van der Waals surface area contributed by atoms with Crippen LogP contribution in [0.5, 0.6) is 0 Å². The van der Waals surface area contributed by atoms with Gasteiger partial charge in [-0.3, -0.25) is 0 Å². The predicted molar refractivity (Wildman–Crippen MR) is 124 cm³/mol. The molecule has 0 atom stereocenters. The lowest BCUT2D eigenvalue weighted by Crippen LogP contribution is -2.49. The van der Waals surface area contributed by atoms with E-state index in [1.807, 2.05) is 0 Å². The number of aromatic nitrogens is 2. The first-order valence-corrected chi connectivity index (χ1v) is 13.8. The Morgan fingerprint density at radius 3 is 2.36 bits per heavy atom. The lowest BCUT2D eigenvalue weighted by molar-refractivity contribution is -0.0444. The lowest BCUT2D eigenvalue weighted by atomic mass is 9.49. The summed E-state index contributed by atoms with van der Waals surface area (Å²) in [6.07, 6.45) is 10.5. The predicted octanol–water partition coefficient (Wildman–Crippen LogP) is 4.13. The first-order valence-electron chi connectivity index (χ1n) is 12.2. The largest absolute Gasteiger partial charge is 0.369 e. The van der Waals surface area contributed by atoms with Gasteiger partial charge in [-0.25, -0.2) is 22.8 Å². The van der Waals surface area contributed by atoms with Crippen molar-refractivity contribution in [3.8, 4) is 0 Å². The van der Waals surface area contributed by atoms with Crippen molar-refractivity contribution < 1.29 is 12.8 Å². The third-order valence-corrected chi connectivity index (χ3v) is 10.2. The van der Waals surface area contributed by atoms with Crippen molar-refractivity contribution >= 4 is 15.8 Å². The molecule has 4 aliphatic carbocycles. The summed E-state index contributed by atoms with van der Waals surface area (Å²) < 4.78 is 40.6. The minimum Gasteiger partial charge on any atom is -0.369 e. The molecule has 2 heterocycles. The fraction of sp³-hybridized carbons (Fsp3) is 0.600. The van der Waals surface area contributed by atoms with E-state index in [1.54, 1.807) is 6.33 Å². The number of rotatable bonds is 6. The van der Waals surface area contributed by atoms with Gasteiger partial charge in [0.2, 0.25) is 10.0 Å². The number of halogens is 1. The Kier molecular flexibility index (Phi) is 5.21. The molecule has 0 saturated heterocycles. The highest BCUT2D eigenvalue weighted by molar-refractivity contribution is 7.88. The van der Waals surface area contributed by atoms with Crippen molar-refractivity contribution in [3.05, 3.63) is 53.2 Å². The summed E-state index contributed by atoms with van der Waals surface area (Å²) in [4.78, 5) is 8.98. The molecule has 2 aromatic rings. The number of hydrogen-bond donors (Lipinski definition) is 1. The molecule has 4 saturated carbocycles. The van der Waals surface area contributed by atoms with Crippen LogP contribution in [0.2, 0.25) is 0 Å². The van der Waals surface area contributed by atoms with Crippen LogP contribution in [0.4, 0.5) is 10.2 Å². The molecule has 4 bridgehead atoms. The molecule has 1 aliphatic heterocycles. The summed E-state index contributed by atoms with van der Waals surface area (Å²) in [6.45, 7) is 1.63. The number of hydrogen-bond acceptors (Lipinski definition) is 5. The second kappa shape index (κ2) is 8.01. The monoisotopic (exact) mass is 470 g/mol. The van der Waals surface area contributed by atoms with Crippen LogP contribution in [0.25, 0.3) is 0 Å². The van der Waals surface area contributed by atoms with Crippen molar-refractivity contribution in [3.63, 3.8) is 0 Å². The Bertz CT molecular complexity index is 1120. The van der Waals surface area contributed by atoms with Crippen molar-refractivity contribution in [1.29, 1.82) is 0 Å². The maximum Gasteiger partial charge on any atom is 0.218 e. The smallest absolute Gasteiger partial charge is 0.218 e. The Morgan fingerprint density at radius 1 is 1.03 bits per heavy atom. The van der Waals surface area contributed by atoms with Crippen LogP contribution in [0, 0.1) is 29.0 Å². The van der Waals surface area contributed by atoms with Gasteiger partial charge >= 0.3 is 0 Å². The molecule has 5 aliphatic rings. The average molecular weight is 471 g/mol. The standard InChI is InChI=1S/C25H31FN4O2S/c26-21-3-1-17(2-4-21)14-33(31,32)30-6-5-22-23(13-30)28-16-29-24(22)27-15-25-10-18-7-19(11-25)9-20(8-18)12-25/h1-4,16,18-20H,5-15H2,(H,27,28,29). The lowest BCUT2D eigenvalue weighted by Gasteiger charge is -2.57. The number of sulfonamides is 1. The quantitative estimate of drug-likeness (QED) is 0.687. The maximum absolute atomic E-state index is 13.2. The van der Waals surface area contributed by atoms with Crippen LogP contribution in [-0.2, 0) is 28.7 Å². The molecular formula is C25H31FN4O2S. The topological polar surface area (TPSA) is 75.2 Å². The van der Waals surface area contributed by atoms with Crippen LogP contribution < -0.4 is 5.32 Å². The SMILES string of the molecule is O=S(=O)(Cc1ccc(F)cc1)N1CCc2c(ncnc2NCC23CC4CC(CC(C4)C2)C3)C1. The zero-order valence-corrected chi connectivity index (χ0v) is 19.7. The van der Waals surface area contributed by atoms with Gasteiger partial charge in [0.05, 0.1) is 18.0 Å². The second-order valence-electron chi connectivity index (χ2n) is 10.9. The Balaban J connectivity index is 1.15. The van der Waals surface area contributed by atoms with Crippen LogP contribution in [0.3, 0.4) is 0 Å². The third-order valence-electron chi connectivity index (χ3n) is 8.42. The molecule has 0 spiro atoms. The summed E-state index contributed by atoms with van der Waals surface area (Å²) in [5, 5.41) is 3.67. The zero-order chi connectivity index (χ0) is 22.6. The molecule has 8 heteroatoms. The number of fused-ring (bicyclic) bond motifs is 1. The highest BCUT2D eigenvalue weighted by atomic mass is 32.2. The number of nitrogens with zero attached hydrogens (tertiary/aromatic N) is 3. The molecule has 6 nitrogen and oxygen atoms in total. The summed E-state index contributed by atoms with van der Waals surface area (Å²) >= 11 is 0. The van der Waals surface area contributed by atoms with E-state index in [-0.39, 0.29) is 18.1 Å². The summed E-state index contributed by atoms with van der Waals surface area (Å²) in [6, 6.07) is 5.65. The molecule has 7 rings (SSSR count). The highest BCUT2D eigenvalue weighted by Crippen LogP contribution is 2.59. The van der Waals surface area contributed by atoms with Crippen LogP contribution in [0.1, 0.15) is 55.3 Å². The van der Waals surface area contributed by atoms with Crippen molar-refractivity contribution in [2.24, 2.45) is 23.2 Å². The molecule has 4 fully saturated rings. The van der Waals surface area contributed by atoms with Gasteiger partial charge in [-0.1, -0.05) is 12.1 Å². The van der Waals surface area contributed by atoms with Crippen molar-refractivity contribution in [1.82, 2.24) is 14.3 Å². The van der Waals surface area contributed by atoms with Crippen LogP contribution >= 0.6 is 0 Å². The normalized spacial score (nSPS) is 30.9. The average Bonchev–Trinajstić information content (AvgIpc) is 2.78. The molecule has 0 radical (unpaired) electrons. The minimum atomic E-state index is -3.52. The van der Waals surface area contributed by atoms with E-state index in [0.717, 1.165) is 41.4 Å². The molecule has 1 aromatic heterocycles. The number of benzene rings is 1. The van der Waals surface area contributed by atoms with E-state index >= 15 is 0 Å². The summed E-state index contributed by atoms with van der Waals surface area (Å²) in [7, 11) is -3.52.